The maximum absolute atomic E-state index is 11.4. The number of likely N-dealkylation sites (N-methyl/N-ethyl adjacent to an activating group) is 1. The highest BCUT2D eigenvalue weighted by Crippen LogP contribution is 2.20. The molecule has 0 unspecified atom stereocenters. The molecular weight excluding hydrogens is 320 g/mol. The van der Waals surface area contributed by atoms with Gasteiger partial charge in [0.1, 0.15) is 11.9 Å². The summed E-state index contributed by atoms with van der Waals surface area (Å²) in [6.07, 6.45) is 3.76. The van der Waals surface area contributed by atoms with Gasteiger partial charge in [0.2, 0.25) is 5.91 Å². The minimum atomic E-state index is 0.0215. The van der Waals surface area contributed by atoms with Crippen LogP contribution < -0.4 is 4.74 Å². The van der Waals surface area contributed by atoms with E-state index in [2.05, 4.69) is 20.8 Å². The average molecular weight is 339 g/mol. The van der Waals surface area contributed by atoms with Crippen molar-refractivity contribution in [2.24, 2.45) is 0 Å². The number of likely N-dealkylation sites (tertiary alicyclic amines) is 1. The summed E-state index contributed by atoms with van der Waals surface area (Å²) in [5.41, 5.74) is 0. The van der Waals surface area contributed by atoms with Gasteiger partial charge in [-0.1, -0.05) is 22.0 Å². The predicted octanol–water partition coefficient (Wildman–Crippen LogP) is 2.16. The van der Waals surface area contributed by atoms with E-state index in [1.54, 1.807) is 25.1 Å². The molecule has 1 amide bonds. The van der Waals surface area contributed by atoms with Crippen molar-refractivity contribution in [3.63, 3.8) is 0 Å². The number of hydrogen-bond donors (Lipinski definition) is 0. The van der Waals surface area contributed by atoms with Gasteiger partial charge in [-0.2, -0.15) is 0 Å². The van der Waals surface area contributed by atoms with Crippen LogP contribution in [0.2, 0.25) is 0 Å². The van der Waals surface area contributed by atoms with Crippen molar-refractivity contribution in [2.75, 3.05) is 33.7 Å². The van der Waals surface area contributed by atoms with E-state index in [9.17, 15) is 4.79 Å². The van der Waals surface area contributed by atoms with Crippen molar-refractivity contribution in [2.45, 2.75) is 6.10 Å². The first-order valence-corrected chi connectivity index (χ1v) is 7.36. The SMILES string of the molecule is CN(C)C(=O)/C=C/CN1CC(Oc2ccc(Br)cc2)C1. The number of nitrogens with zero attached hydrogens (tertiary/aromatic N) is 2. The molecule has 0 bridgehead atoms. The van der Waals surface area contributed by atoms with Gasteiger partial charge in [-0.25, -0.2) is 0 Å². The topological polar surface area (TPSA) is 32.8 Å². The second-order valence-electron chi connectivity index (χ2n) is 5.05. The van der Waals surface area contributed by atoms with Crippen LogP contribution in [0, 0.1) is 0 Å². The van der Waals surface area contributed by atoms with Gasteiger partial charge >= 0.3 is 0 Å². The Balaban J connectivity index is 1.67. The molecule has 108 valence electrons. The van der Waals surface area contributed by atoms with Gasteiger partial charge in [-0.05, 0) is 24.3 Å². The highest BCUT2D eigenvalue weighted by molar-refractivity contribution is 9.10. The number of halogens is 1. The van der Waals surface area contributed by atoms with Crippen LogP contribution in [-0.2, 0) is 4.79 Å². The molecule has 0 saturated carbocycles. The van der Waals surface area contributed by atoms with Gasteiger partial charge in [0, 0.05) is 44.3 Å². The number of rotatable bonds is 5. The largest absolute Gasteiger partial charge is 0.488 e. The monoisotopic (exact) mass is 338 g/mol. The van der Waals surface area contributed by atoms with E-state index in [0.717, 1.165) is 29.9 Å². The second kappa shape index (κ2) is 6.90. The maximum Gasteiger partial charge on any atom is 0.245 e. The minimum Gasteiger partial charge on any atom is -0.488 e. The first-order chi connectivity index (χ1) is 9.54. The molecule has 0 aromatic heterocycles. The lowest BCUT2D eigenvalue weighted by Crippen LogP contribution is -2.53. The molecule has 5 heteroatoms. The van der Waals surface area contributed by atoms with Crippen molar-refractivity contribution in [3.05, 3.63) is 40.9 Å². The zero-order valence-corrected chi connectivity index (χ0v) is 13.3. The number of carbonyl (C=O) groups excluding carboxylic acids is 1. The van der Waals surface area contributed by atoms with Crippen molar-refractivity contribution in [1.29, 1.82) is 0 Å². The third-order valence-electron chi connectivity index (χ3n) is 3.10. The fourth-order valence-electron chi connectivity index (χ4n) is 1.90. The number of amides is 1. The zero-order valence-electron chi connectivity index (χ0n) is 11.8. The number of benzene rings is 1. The van der Waals surface area contributed by atoms with E-state index in [0.29, 0.717) is 0 Å². The molecule has 1 saturated heterocycles. The Labute approximate surface area is 128 Å². The molecule has 1 aromatic rings. The van der Waals surface area contributed by atoms with Crippen LogP contribution in [0.1, 0.15) is 0 Å². The van der Waals surface area contributed by atoms with Crippen LogP contribution in [-0.4, -0.2) is 55.5 Å². The van der Waals surface area contributed by atoms with Gasteiger partial charge in [0.15, 0.2) is 0 Å². The molecule has 20 heavy (non-hydrogen) atoms. The third-order valence-corrected chi connectivity index (χ3v) is 3.63. The smallest absolute Gasteiger partial charge is 0.245 e. The molecule has 1 aromatic carbocycles. The summed E-state index contributed by atoms with van der Waals surface area (Å²) in [7, 11) is 3.50. The van der Waals surface area contributed by atoms with Crippen molar-refractivity contribution in [1.82, 2.24) is 9.80 Å². The molecular formula is C15H19BrN2O2. The van der Waals surface area contributed by atoms with E-state index < -0.39 is 0 Å². The molecule has 1 fully saturated rings. The zero-order chi connectivity index (χ0) is 14.5. The Morgan fingerprint density at radius 3 is 2.65 bits per heavy atom. The van der Waals surface area contributed by atoms with Crippen LogP contribution in [0.3, 0.4) is 0 Å². The van der Waals surface area contributed by atoms with Gasteiger partial charge in [-0.15, -0.1) is 0 Å². The fraction of sp³-hybridized carbons (Fsp3) is 0.400. The van der Waals surface area contributed by atoms with E-state index in [4.69, 9.17) is 4.74 Å². The van der Waals surface area contributed by atoms with Crippen molar-refractivity contribution >= 4 is 21.8 Å². The first kappa shape index (κ1) is 15.1. The lowest BCUT2D eigenvalue weighted by Gasteiger charge is -2.38. The summed E-state index contributed by atoms with van der Waals surface area (Å²) in [4.78, 5) is 15.2. The maximum atomic E-state index is 11.4. The molecule has 0 spiro atoms. The second-order valence-corrected chi connectivity index (χ2v) is 5.96. The van der Waals surface area contributed by atoms with Crippen LogP contribution in [0.15, 0.2) is 40.9 Å². The Morgan fingerprint density at radius 1 is 1.40 bits per heavy atom. The predicted molar refractivity (Wildman–Crippen MR) is 82.8 cm³/mol. The third kappa shape index (κ3) is 4.35. The quantitative estimate of drug-likeness (QED) is 0.771. The summed E-state index contributed by atoms with van der Waals surface area (Å²) in [5, 5.41) is 0. The van der Waals surface area contributed by atoms with Crippen LogP contribution in [0.4, 0.5) is 0 Å². The molecule has 1 heterocycles. The van der Waals surface area contributed by atoms with Crippen LogP contribution in [0.25, 0.3) is 0 Å². The van der Waals surface area contributed by atoms with Gasteiger partial charge < -0.3 is 9.64 Å². The summed E-state index contributed by atoms with van der Waals surface area (Å²) in [5.74, 6) is 0.921. The number of carbonyl (C=O) groups is 1. The Bertz CT molecular complexity index is 479. The fourth-order valence-corrected chi connectivity index (χ4v) is 2.17. The molecule has 0 atom stereocenters. The number of hydrogen-bond acceptors (Lipinski definition) is 3. The van der Waals surface area contributed by atoms with Crippen molar-refractivity contribution < 1.29 is 9.53 Å². The van der Waals surface area contributed by atoms with E-state index in [1.165, 1.54) is 0 Å². The molecule has 4 nitrogen and oxygen atoms in total. The highest BCUT2D eigenvalue weighted by atomic mass is 79.9. The van der Waals surface area contributed by atoms with Gasteiger partial charge in [0.05, 0.1) is 0 Å². The lowest BCUT2D eigenvalue weighted by molar-refractivity contribution is -0.123. The highest BCUT2D eigenvalue weighted by Gasteiger charge is 2.27. The van der Waals surface area contributed by atoms with Crippen LogP contribution >= 0.6 is 15.9 Å². The summed E-state index contributed by atoms with van der Waals surface area (Å²) in [6, 6.07) is 7.87. The van der Waals surface area contributed by atoms with E-state index in [1.807, 2.05) is 30.3 Å². The molecule has 0 radical (unpaired) electrons. The molecule has 0 N–H and O–H groups in total. The van der Waals surface area contributed by atoms with Crippen LogP contribution in [0.5, 0.6) is 5.75 Å². The summed E-state index contributed by atoms with van der Waals surface area (Å²) < 4.78 is 6.89. The molecule has 1 aliphatic rings. The normalized spacial score (nSPS) is 16.1. The lowest BCUT2D eigenvalue weighted by atomic mass is 10.1. The molecule has 2 rings (SSSR count). The number of ether oxygens (including phenoxy) is 1. The first-order valence-electron chi connectivity index (χ1n) is 6.57. The Hall–Kier alpha value is -1.33. The summed E-state index contributed by atoms with van der Waals surface area (Å²) in [6.45, 7) is 2.59. The molecule has 1 aliphatic heterocycles. The Kier molecular flexibility index (Phi) is 5.20. The van der Waals surface area contributed by atoms with Gasteiger partial charge in [0.25, 0.3) is 0 Å². The van der Waals surface area contributed by atoms with E-state index in [-0.39, 0.29) is 12.0 Å². The van der Waals surface area contributed by atoms with Crippen molar-refractivity contribution in [3.8, 4) is 5.75 Å². The summed E-state index contributed by atoms with van der Waals surface area (Å²) >= 11 is 3.40. The van der Waals surface area contributed by atoms with Gasteiger partial charge in [-0.3, -0.25) is 9.69 Å². The van der Waals surface area contributed by atoms with E-state index >= 15 is 0 Å². The standard InChI is InChI=1S/C15H19BrN2O2/c1-17(2)15(19)4-3-9-18-10-14(11-18)20-13-7-5-12(16)6-8-13/h3-8,14H,9-11H2,1-2H3/b4-3+. The Morgan fingerprint density at radius 2 is 2.05 bits per heavy atom. The average Bonchev–Trinajstić information content (AvgIpc) is 2.37. The molecule has 0 aliphatic carbocycles. The minimum absolute atomic E-state index is 0.0215.